The lowest BCUT2D eigenvalue weighted by Crippen LogP contribution is -2.41. The molecule has 0 spiro atoms. The van der Waals surface area contributed by atoms with Gasteiger partial charge in [0.1, 0.15) is 6.04 Å². The molecule has 0 saturated carbocycles. The summed E-state index contributed by atoms with van der Waals surface area (Å²) in [5.74, 6) is -1.76. The van der Waals surface area contributed by atoms with Crippen LogP contribution in [0, 0.1) is 0 Å². The van der Waals surface area contributed by atoms with Crippen LogP contribution < -0.4 is 5.32 Å². The minimum absolute atomic E-state index is 0.0344. The van der Waals surface area contributed by atoms with Crippen molar-refractivity contribution in [1.29, 1.82) is 0 Å². The van der Waals surface area contributed by atoms with Crippen molar-refractivity contribution in [2.24, 2.45) is 0 Å². The lowest BCUT2D eigenvalue weighted by molar-refractivity contribution is -0.140. The number of nitrogens with zero attached hydrogens (tertiary/aromatic N) is 1. The van der Waals surface area contributed by atoms with Gasteiger partial charge in [0, 0.05) is 18.9 Å². The van der Waals surface area contributed by atoms with Gasteiger partial charge < -0.3 is 10.4 Å². The summed E-state index contributed by atoms with van der Waals surface area (Å²) in [5.41, 5.74) is -0.876. The molecule has 0 saturated heterocycles. The first-order chi connectivity index (χ1) is 9.20. The van der Waals surface area contributed by atoms with Crippen LogP contribution in [-0.4, -0.2) is 33.8 Å². The fourth-order valence-electron chi connectivity index (χ4n) is 1.22. The summed E-state index contributed by atoms with van der Waals surface area (Å²) >= 11 is 0.944. The van der Waals surface area contributed by atoms with Gasteiger partial charge >= 0.3 is 12.1 Å². The van der Waals surface area contributed by atoms with Crippen LogP contribution in [0.2, 0.25) is 0 Å². The number of aliphatic carboxylic acids is 1. The van der Waals surface area contributed by atoms with Gasteiger partial charge in [0.25, 0.3) is 0 Å². The van der Waals surface area contributed by atoms with Gasteiger partial charge in [0.15, 0.2) is 0 Å². The molecule has 0 fully saturated rings. The van der Waals surface area contributed by atoms with Crippen LogP contribution in [0.5, 0.6) is 0 Å². The van der Waals surface area contributed by atoms with Crippen molar-refractivity contribution in [2.75, 3.05) is 5.75 Å². The summed E-state index contributed by atoms with van der Waals surface area (Å²) in [6.45, 7) is 1.18. The molecule has 110 valence electrons. The monoisotopic (exact) mass is 308 g/mol. The van der Waals surface area contributed by atoms with Crippen LogP contribution in [0.1, 0.15) is 12.5 Å². The average molecular weight is 308 g/mol. The SMILES string of the molecule is CC(=O)N[C@@H](CSc1ccc(C(F)(F)F)cn1)C(=O)O. The van der Waals surface area contributed by atoms with Crippen molar-refractivity contribution < 1.29 is 27.9 Å². The second-order valence-corrected chi connectivity index (χ2v) is 4.83. The molecule has 20 heavy (non-hydrogen) atoms. The minimum atomic E-state index is -4.46. The number of hydrogen-bond donors (Lipinski definition) is 2. The van der Waals surface area contributed by atoms with Gasteiger partial charge in [0.2, 0.25) is 5.91 Å². The van der Waals surface area contributed by atoms with E-state index in [0.29, 0.717) is 6.20 Å². The average Bonchev–Trinajstić information content (AvgIpc) is 2.33. The first-order valence-electron chi connectivity index (χ1n) is 5.36. The Bertz CT molecular complexity index is 491. The van der Waals surface area contributed by atoms with Crippen molar-refractivity contribution >= 4 is 23.6 Å². The van der Waals surface area contributed by atoms with Gasteiger partial charge in [-0.15, -0.1) is 11.8 Å². The quantitative estimate of drug-likeness (QED) is 0.811. The molecule has 1 atom stereocenters. The van der Waals surface area contributed by atoms with Gasteiger partial charge in [0.05, 0.1) is 10.6 Å². The molecular weight excluding hydrogens is 297 g/mol. The van der Waals surface area contributed by atoms with Crippen molar-refractivity contribution in [3.05, 3.63) is 23.9 Å². The molecule has 9 heteroatoms. The number of thioether (sulfide) groups is 1. The third-order valence-corrected chi connectivity index (χ3v) is 3.17. The zero-order valence-corrected chi connectivity index (χ0v) is 11.1. The summed E-state index contributed by atoms with van der Waals surface area (Å²) in [5, 5.41) is 11.3. The van der Waals surface area contributed by atoms with Crippen molar-refractivity contribution in [2.45, 2.75) is 24.2 Å². The molecule has 0 aliphatic rings. The lowest BCUT2D eigenvalue weighted by Gasteiger charge is -2.12. The fourth-order valence-corrected chi connectivity index (χ4v) is 2.08. The van der Waals surface area contributed by atoms with Crippen molar-refractivity contribution in [3.8, 4) is 0 Å². The Balaban J connectivity index is 2.64. The molecule has 0 unspecified atom stereocenters. The van der Waals surface area contributed by atoms with E-state index in [1.165, 1.54) is 6.92 Å². The summed E-state index contributed by atoms with van der Waals surface area (Å²) in [4.78, 5) is 25.2. The number of nitrogens with one attached hydrogen (secondary N) is 1. The highest BCUT2D eigenvalue weighted by molar-refractivity contribution is 7.99. The Morgan fingerprint density at radius 1 is 1.45 bits per heavy atom. The fraction of sp³-hybridized carbons (Fsp3) is 0.364. The highest BCUT2D eigenvalue weighted by Gasteiger charge is 2.30. The van der Waals surface area contributed by atoms with E-state index in [-0.39, 0.29) is 10.8 Å². The topological polar surface area (TPSA) is 79.3 Å². The summed E-state index contributed by atoms with van der Waals surface area (Å²) in [6.07, 6.45) is -3.79. The van der Waals surface area contributed by atoms with E-state index in [1.807, 2.05) is 0 Å². The highest BCUT2D eigenvalue weighted by Crippen LogP contribution is 2.29. The maximum Gasteiger partial charge on any atom is 0.417 e. The van der Waals surface area contributed by atoms with E-state index < -0.39 is 29.7 Å². The van der Waals surface area contributed by atoms with Crippen LogP contribution in [-0.2, 0) is 15.8 Å². The number of carbonyl (C=O) groups excluding carboxylic acids is 1. The van der Waals surface area contributed by atoms with Gasteiger partial charge in [-0.1, -0.05) is 0 Å². The molecule has 0 bridgehead atoms. The normalized spacial score (nSPS) is 12.8. The number of rotatable bonds is 5. The third-order valence-electron chi connectivity index (χ3n) is 2.14. The summed E-state index contributed by atoms with van der Waals surface area (Å²) in [7, 11) is 0. The van der Waals surface area contributed by atoms with E-state index in [4.69, 9.17) is 5.11 Å². The molecular formula is C11H11F3N2O3S. The number of aromatic nitrogens is 1. The molecule has 0 aliphatic carbocycles. The molecule has 0 aromatic carbocycles. The number of carbonyl (C=O) groups is 2. The predicted molar refractivity (Wildman–Crippen MR) is 65.2 cm³/mol. The second-order valence-electron chi connectivity index (χ2n) is 3.79. The van der Waals surface area contributed by atoms with Crippen molar-refractivity contribution in [1.82, 2.24) is 10.3 Å². The summed E-state index contributed by atoms with van der Waals surface area (Å²) in [6, 6.07) is 0.894. The molecule has 0 radical (unpaired) electrons. The Morgan fingerprint density at radius 2 is 2.10 bits per heavy atom. The Kier molecular flexibility index (Phi) is 5.37. The van der Waals surface area contributed by atoms with Crippen molar-refractivity contribution in [3.63, 3.8) is 0 Å². The molecule has 5 nitrogen and oxygen atoms in total. The lowest BCUT2D eigenvalue weighted by atomic mass is 10.3. The van der Waals surface area contributed by atoms with Gasteiger partial charge in [-0.3, -0.25) is 4.79 Å². The predicted octanol–water partition coefficient (Wildman–Crippen LogP) is 1.78. The molecule has 1 amide bonds. The molecule has 1 aromatic heterocycles. The number of alkyl halides is 3. The van der Waals surface area contributed by atoms with Gasteiger partial charge in [-0.25, -0.2) is 9.78 Å². The van der Waals surface area contributed by atoms with Crippen LogP contribution in [0.3, 0.4) is 0 Å². The van der Waals surface area contributed by atoms with Crippen LogP contribution in [0.15, 0.2) is 23.4 Å². The minimum Gasteiger partial charge on any atom is -0.480 e. The third kappa shape index (κ3) is 5.08. The van der Waals surface area contributed by atoms with Gasteiger partial charge in [-0.2, -0.15) is 13.2 Å². The smallest absolute Gasteiger partial charge is 0.417 e. The first-order valence-corrected chi connectivity index (χ1v) is 6.34. The number of amides is 1. The van der Waals surface area contributed by atoms with E-state index in [0.717, 1.165) is 23.9 Å². The second kappa shape index (κ2) is 6.60. The zero-order chi connectivity index (χ0) is 15.3. The number of halogens is 3. The molecule has 1 aromatic rings. The number of hydrogen-bond acceptors (Lipinski definition) is 4. The van der Waals surface area contributed by atoms with Crippen LogP contribution in [0.25, 0.3) is 0 Å². The van der Waals surface area contributed by atoms with E-state index in [9.17, 15) is 22.8 Å². The van der Waals surface area contributed by atoms with E-state index >= 15 is 0 Å². The molecule has 0 aliphatic heterocycles. The summed E-state index contributed by atoms with van der Waals surface area (Å²) < 4.78 is 36.9. The standard InChI is InChI=1S/C11H11F3N2O3S/c1-6(17)16-8(10(18)19)5-20-9-3-2-7(4-15-9)11(12,13)14/h2-4,8H,5H2,1H3,(H,16,17)(H,18,19)/t8-/m0/s1. The van der Waals surface area contributed by atoms with Crippen LogP contribution in [0.4, 0.5) is 13.2 Å². The number of carboxylic acids is 1. The maximum atomic E-state index is 12.3. The zero-order valence-electron chi connectivity index (χ0n) is 10.3. The maximum absolute atomic E-state index is 12.3. The Morgan fingerprint density at radius 3 is 2.50 bits per heavy atom. The first kappa shape index (κ1) is 16.3. The number of pyridine rings is 1. The molecule has 1 rings (SSSR count). The Hall–Kier alpha value is -1.77. The Labute approximate surface area is 116 Å². The molecule has 1 heterocycles. The van der Waals surface area contributed by atoms with Gasteiger partial charge in [-0.05, 0) is 12.1 Å². The highest BCUT2D eigenvalue weighted by atomic mass is 32.2. The number of carboxylic acid groups (broad SMARTS) is 1. The van der Waals surface area contributed by atoms with E-state index in [2.05, 4.69) is 10.3 Å². The van der Waals surface area contributed by atoms with Crippen LogP contribution >= 0.6 is 11.8 Å². The van der Waals surface area contributed by atoms with E-state index in [1.54, 1.807) is 0 Å². The largest absolute Gasteiger partial charge is 0.480 e. The molecule has 2 N–H and O–H groups in total.